The van der Waals surface area contributed by atoms with E-state index in [9.17, 15) is 22.8 Å². The van der Waals surface area contributed by atoms with Gasteiger partial charge in [-0.1, -0.05) is 18.2 Å². The Hall–Kier alpha value is -3.73. The fourth-order valence-electron chi connectivity index (χ4n) is 6.35. The van der Waals surface area contributed by atoms with Gasteiger partial charge in [-0.3, -0.25) is 29.0 Å². The second kappa shape index (κ2) is 9.72. The third-order valence-corrected chi connectivity index (χ3v) is 10.2. The van der Waals surface area contributed by atoms with Gasteiger partial charge in [0.2, 0.25) is 5.91 Å². The quantitative estimate of drug-likeness (QED) is 0.446. The van der Waals surface area contributed by atoms with Gasteiger partial charge in [-0.2, -0.15) is 5.10 Å². The molecule has 1 aliphatic carbocycles. The minimum Gasteiger partial charge on any atom is -0.327 e. The Bertz CT molecular complexity index is 1690. The number of carbonyl (C=O) groups is 3. The molecule has 6 rings (SSSR count). The van der Waals surface area contributed by atoms with E-state index in [4.69, 9.17) is 0 Å². The summed E-state index contributed by atoms with van der Waals surface area (Å²) in [5, 5.41) is 5.03. The van der Waals surface area contributed by atoms with Crippen LogP contribution < -0.4 is 0 Å². The highest BCUT2D eigenvalue weighted by molar-refractivity contribution is 7.91. The van der Waals surface area contributed by atoms with E-state index in [-0.39, 0.29) is 59.1 Å². The summed E-state index contributed by atoms with van der Waals surface area (Å²) in [6.45, 7) is 3.14. The van der Waals surface area contributed by atoms with E-state index in [0.29, 0.717) is 42.3 Å². The number of nitrogens with zero attached hydrogens (tertiary/aromatic N) is 5. The van der Waals surface area contributed by atoms with Crippen molar-refractivity contribution >= 4 is 44.3 Å². The summed E-state index contributed by atoms with van der Waals surface area (Å²) in [4.78, 5) is 50.3. The maximum atomic E-state index is 13.9. The van der Waals surface area contributed by atoms with E-state index < -0.39 is 15.9 Å². The van der Waals surface area contributed by atoms with Crippen LogP contribution in [0, 0.1) is 12.3 Å². The summed E-state index contributed by atoms with van der Waals surface area (Å²) >= 11 is 0. The normalized spacial score (nSPS) is 25.8. The Morgan fingerprint density at radius 3 is 2.77 bits per heavy atom. The third kappa shape index (κ3) is 4.76. The van der Waals surface area contributed by atoms with Gasteiger partial charge in [0, 0.05) is 30.2 Å². The average molecular weight is 562 g/mol. The van der Waals surface area contributed by atoms with Crippen LogP contribution >= 0.6 is 0 Å². The molecule has 0 N–H and O–H groups in total. The number of Topliss-reactive ketones (excluding diaryl/α,β-unsaturated/α-hetero) is 2. The Balaban J connectivity index is 1.35. The number of amides is 1. The molecule has 1 spiro atoms. The van der Waals surface area contributed by atoms with Crippen molar-refractivity contribution in [2.24, 2.45) is 5.41 Å². The molecule has 0 unspecified atom stereocenters. The molecular weight excluding hydrogens is 530 g/mol. The molecular formula is C29H31N5O5S. The predicted molar refractivity (Wildman–Crippen MR) is 148 cm³/mol. The molecule has 1 saturated heterocycles. The molecule has 3 atom stereocenters. The summed E-state index contributed by atoms with van der Waals surface area (Å²) in [5.41, 5.74) is 2.62. The minimum absolute atomic E-state index is 0.0368. The number of likely N-dealkylation sites (tertiary alicyclic amines) is 1. The van der Waals surface area contributed by atoms with Crippen LogP contribution in [0.4, 0.5) is 0 Å². The third-order valence-electron chi connectivity index (χ3n) is 8.54. The first-order valence-corrected chi connectivity index (χ1v) is 15.4. The van der Waals surface area contributed by atoms with Crippen molar-refractivity contribution in [1.29, 1.82) is 0 Å². The zero-order valence-corrected chi connectivity index (χ0v) is 23.4. The lowest BCUT2D eigenvalue weighted by atomic mass is 9.92. The zero-order valence-electron chi connectivity index (χ0n) is 22.5. The first-order chi connectivity index (χ1) is 19.1. The van der Waals surface area contributed by atoms with Crippen LogP contribution in [-0.2, 0) is 32.4 Å². The van der Waals surface area contributed by atoms with Crippen LogP contribution in [0.3, 0.4) is 0 Å². The standard InChI is InChI=1S/C29H31N5O5S/c1-18-6-7-20-5-3-4-11-40(38,39)12-9-29-14-23(25(36)13-22(20)31-18)34(26(29)15-29)27(37)17-33-24-16-30-10-8-21(24)28(32-33)19(2)35/h3,5-8,10,16,23,26H,4,9,11-15,17H2,1-2H3/t23-,26+,29-/m0/s1. The van der Waals surface area contributed by atoms with Gasteiger partial charge in [0.25, 0.3) is 0 Å². The average Bonchev–Trinajstić information content (AvgIpc) is 3.33. The summed E-state index contributed by atoms with van der Waals surface area (Å²) < 4.78 is 27.1. The predicted octanol–water partition coefficient (Wildman–Crippen LogP) is 2.73. The Labute approximate surface area is 232 Å². The summed E-state index contributed by atoms with van der Waals surface area (Å²) in [5.74, 6) is -0.510. The largest absolute Gasteiger partial charge is 0.327 e. The van der Waals surface area contributed by atoms with Gasteiger partial charge in [0.05, 0.1) is 41.4 Å². The molecule has 3 aromatic rings. The first kappa shape index (κ1) is 26.5. The monoisotopic (exact) mass is 561 g/mol. The molecule has 1 amide bonds. The lowest BCUT2D eigenvalue weighted by Crippen LogP contribution is -2.45. The van der Waals surface area contributed by atoms with Crippen LogP contribution in [0.2, 0.25) is 0 Å². The van der Waals surface area contributed by atoms with Crippen molar-refractivity contribution in [3.63, 3.8) is 0 Å². The Morgan fingerprint density at radius 2 is 1.98 bits per heavy atom. The number of hydrogen-bond donors (Lipinski definition) is 0. The van der Waals surface area contributed by atoms with Gasteiger partial charge in [-0.25, -0.2) is 8.42 Å². The van der Waals surface area contributed by atoms with Crippen LogP contribution in [0.25, 0.3) is 17.0 Å². The molecule has 11 heteroatoms. The topological polar surface area (TPSA) is 132 Å². The fourth-order valence-corrected chi connectivity index (χ4v) is 7.77. The number of allylic oxidation sites excluding steroid dienone is 1. The van der Waals surface area contributed by atoms with Crippen molar-refractivity contribution in [2.75, 3.05) is 11.5 Å². The molecule has 5 heterocycles. The number of sulfone groups is 1. The van der Waals surface area contributed by atoms with Gasteiger partial charge in [0.15, 0.2) is 21.4 Å². The van der Waals surface area contributed by atoms with Gasteiger partial charge in [0.1, 0.15) is 12.2 Å². The highest BCUT2D eigenvalue weighted by Gasteiger charge is 2.66. The lowest BCUT2D eigenvalue weighted by molar-refractivity contribution is -0.139. The van der Waals surface area contributed by atoms with Gasteiger partial charge >= 0.3 is 0 Å². The van der Waals surface area contributed by atoms with Crippen molar-refractivity contribution in [3.05, 3.63) is 59.3 Å². The fraction of sp³-hybridized carbons (Fsp3) is 0.448. The van der Waals surface area contributed by atoms with E-state index in [0.717, 1.165) is 11.3 Å². The number of aromatic nitrogens is 4. The molecule has 0 radical (unpaired) electrons. The maximum absolute atomic E-state index is 13.9. The molecule has 10 nitrogen and oxygen atoms in total. The van der Waals surface area contributed by atoms with Gasteiger partial charge in [-0.15, -0.1) is 0 Å². The number of hydrogen-bond acceptors (Lipinski definition) is 8. The second-order valence-corrected chi connectivity index (χ2v) is 13.6. The molecule has 2 bridgehead atoms. The van der Waals surface area contributed by atoms with E-state index in [2.05, 4.69) is 15.1 Å². The summed E-state index contributed by atoms with van der Waals surface area (Å²) in [6, 6.07) is 4.57. The molecule has 2 aliphatic heterocycles. The van der Waals surface area contributed by atoms with E-state index in [1.165, 1.54) is 11.6 Å². The number of rotatable bonds is 3. The number of pyridine rings is 2. The van der Waals surface area contributed by atoms with Crippen molar-refractivity contribution < 1.29 is 22.8 Å². The lowest BCUT2D eigenvalue weighted by Gasteiger charge is -2.27. The minimum atomic E-state index is -3.29. The number of carbonyl (C=O) groups excluding carboxylic acids is 3. The van der Waals surface area contributed by atoms with Crippen molar-refractivity contribution in [2.45, 2.75) is 64.6 Å². The Morgan fingerprint density at radius 1 is 1.15 bits per heavy atom. The van der Waals surface area contributed by atoms with Crippen LogP contribution in [0.1, 0.15) is 60.0 Å². The van der Waals surface area contributed by atoms with Crippen LogP contribution in [-0.4, -0.2) is 74.1 Å². The van der Waals surface area contributed by atoms with Crippen molar-refractivity contribution in [1.82, 2.24) is 24.6 Å². The van der Waals surface area contributed by atoms with Crippen LogP contribution in [0.15, 0.2) is 36.7 Å². The SMILES string of the molecule is CC(=O)c1nn(CC(=O)N2[C@H]3C[C@@]4(CCS(=O)(=O)CCC=Cc5ccc(C)nc5CC3=O)C[C@@H]24)c2cnccc12. The summed E-state index contributed by atoms with van der Waals surface area (Å²) in [6.07, 6.45) is 8.81. The van der Waals surface area contributed by atoms with E-state index in [1.807, 2.05) is 31.2 Å². The molecule has 3 aliphatic rings. The Kier molecular flexibility index (Phi) is 6.44. The highest BCUT2D eigenvalue weighted by Crippen LogP contribution is 2.62. The number of aryl methyl sites for hydroxylation is 1. The molecule has 0 aromatic carbocycles. The number of ketones is 2. The van der Waals surface area contributed by atoms with Gasteiger partial charge < -0.3 is 4.90 Å². The smallest absolute Gasteiger partial charge is 0.245 e. The summed E-state index contributed by atoms with van der Waals surface area (Å²) in [7, 11) is -3.29. The maximum Gasteiger partial charge on any atom is 0.245 e. The van der Waals surface area contributed by atoms with E-state index in [1.54, 1.807) is 23.4 Å². The zero-order chi connectivity index (χ0) is 28.2. The molecule has 208 valence electrons. The van der Waals surface area contributed by atoms with Gasteiger partial charge in [-0.05, 0) is 55.7 Å². The van der Waals surface area contributed by atoms with Crippen LogP contribution in [0.5, 0.6) is 0 Å². The van der Waals surface area contributed by atoms with E-state index >= 15 is 0 Å². The molecule has 1 saturated carbocycles. The first-order valence-electron chi connectivity index (χ1n) is 13.6. The molecule has 40 heavy (non-hydrogen) atoms. The molecule has 3 aromatic heterocycles. The highest BCUT2D eigenvalue weighted by atomic mass is 32.2. The number of fused-ring (bicyclic) bond motifs is 3. The molecule has 2 fully saturated rings. The second-order valence-electron chi connectivity index (χ2n) is 11.3. The number of piperidine rings is 1. The van der Waals surface area contributed by atoms with Crippen molar-refractivity contribution in [3.8, 4) is 0 Å².